The van der Waals surface area contributed by atoms with Gasteiger partial charge in [-0.3, -0.25) is 4.79 Å². The molecule has 0 radical (unpaired) electrons. The molecule has 18 heavy (non-hydrogen) atoms. The Labute approximate surface area is 107 Å². The summed E-state index contributed by atoms with van der Waals surface area (Å²) in [7, 11) is 0. The van der Waals surface area contributed by atoms with Crippen molar-refractivity contribution >= 4 is 11.6 Å². The van der Waals surface area contributed by atoms with Crippen LogP contribution in [-0.2, 0) is 16.0 Å². The molecule has 4 nitrogen and oxygen atoms in total. The monoisotopic (exact) mass is 246 g/mol. The second-order valence-corrected chi connectivity index (χ2v) is 4.94. The average Bonchev–Trinajstić information content (AvgIpc) is 3.04. The molecule has 2 N–H and O–H groups in total. The number of carbonyl (C=O) groups excluding carboxylic acids is 1. The molecule has 96 valence electrons. The maximum absolute atomic E-state index is 12.0. The predicted octanol–water partition coefficient (Wildman–Crippen LogP) is 1.32. The zero-order valence-corrected chi connectivity index (χ0v) is 10.3. The Bertz CT molecular complexity index is 416. The number of hydrogen-bond donors (Lipinski definition) is 2. The SMILES string of the molecule is O=C(NCC1CCCO1)[C@@H]1Cc2ccccc2N1. The van der Waals surface area contributed by atoms with Crippen LogP contribution >= 0.6 is 0 Å². The summed E-state index contributed by atoms with van der Waals surface area (Å²) < 4.78 is 5.49. The number of para-hydroxylation sites is 1. The standard InChI is InChI=1S/C14H18N2O2/c17-14(15-9-11-5-3-7-18-11)13-8-10-4-1-2-6-12(10)16-13/h1-2,4,6,11,13,16H,3,5,7-9H2,(H,15,17)/t11?,13-/m0/s1. The van der Waals surface area contributed by atoms with E-state index in [2.05, 4.69) is 16.7 Å². The summed E-state index contributed by atoms with van der Waals surface area (Å²) in [6.07, 6.45) is 3.14. The smallest absolute Gasteiger partial charge is 0.242 e. The van der Waals surface area contributed by atoms with Gasteiger partial charge in [-0.1, -0.05) is 18.2 Å². The summed E-state index contributed by atoms with van der Waals surface area (Å²) in [5, 5.41) is 6.23. The topological polar surface area (TPSA) is 50.4 Å². The van der Waals surface area contributed by atoms with Crippen LogP contribution in [0.4, 0.5) is 5.69 Å². The highest BCUT2D eigenvalue weighted by molar-refractivity contribution is 5.87. The molecule has 3 rings (SSSR count). The fourth-order valence-electron chi connectivity index (χ4n) is 2.60. The van der Waals surface area contributed by atoms with E-state index in [0.717, 1.165) is 31.6 Å². The molecule has 0 bridgehead atoms. The minimum atomic E-state index is -0.135. The van der Waals surface area contributed by atoms with Gasteiger partial charge in [-0.05, 0) is 24.5 Å². The van der Waals surface area contributed by atoms with Gasteiger partial charge in [0.1, 0.15) is 6.04 Å². The van der Waals surface area contributed by atoms with Crippen molar-refractivity contribution in [2.75, 3.05) is 18.5 Å². The molecule has 2 aliphatic rings. The van der Waals surface area contributed by atoms with Crippen molar-refractivity contribution < 1.29 is 9.53 Å². The molecule has 2 atom stereocenters. The Kier molecular flexibility index (Phi) is 3.19. The minimum absolute atomic E-state index is 0.0710. The van der Waals surface area contributed by atoms with E-state index in [1.165, 1.54) is 5.56 Å². The quantitative estimate of drug-likeness (QED) is 0.845. The van der Waals surface area contributed by atoms with E-state index in [-0.39, 0.29) is 18.1 Å². The second kappa shape index (κ2) is 4.98. The van der Waals surface area contributed by atoms with Crippen LogP contribution in [-0.4, -0.2) is 31.2 Å². The molecule has 1 saturated heterocycles. The Hall–Kier alpha value is -1.55. The summed E-state index contributed by atoms with van der Waals surface area (Å²) in [6.45, 7) is 1.46. The lowest BCUT2D eigenvalue weighted by Gasteiger charge is -2.14. The molecule has 1 unspecified atom stereocenters. The molecular formula is C14H18N2O2. The van der Waals surface area contributed by atoms with Crippen LogP contribution in [0.3, 0.4) is 0 Å². The van der Waals surface area contributed by atoms with E-state index < -0.39 is 0 Å². The first-order valence-electron chi connectivity index (χ1n) is 6.57. The normalized spacial score (nSPS) is 25.6. The number of anilines is 1. The first-order valence-corrected chi connectivity index (χ1v) is 6.57. The molecule has 2 heterocycles. The summed E-state index contributed by atoms with van der Waals surface area (Å²) >= 11 is 0. The number of rotatable bonds is 3. The van der Waals surface area contributed by atoms with Crippen molar-refractivity contribution in [1.82, 2.24) is 5.32 Å². The molecule has 0 spiro atoms. The van der Waals surface area contributed by atoms with Crippen LogP contribution in [0.1, 0.15) is 18.4 Å². The Balaban J connectivity index is 1.52. The van der Waals surface area contributed by atoms with E-state index in [1.807, 2.05) is 18.2 Å². The molecule has 1 aromatic rings. The number of ether oxygens (including phenoxy) is 1. The average molecular weight is 246 g/mol. The lowest BCUT2D eigenvalue weighted by molar-refractivity contribution is -0.122. The highest BCUT2D eigenvalue weighted by Crippen LogP contribution is 2.25. The number of benzene rings is 1. The molecule has 2 aliphatic heterocycles. The van der Waals surface area contributed by atoms with Gasteiger partial charge in [0.2, 0.25) is 5.91 Å². The van der Waals surface area contributed by atoms with Gasteiger partial charge in [0, 0.05) is 25.3 Å². The van der Waals surface area contributed by atoms with E-state index in [1.54, 1.807) is 0 Å². The van der Waals surface area contributed by atoms with Gasteiger partial charge in [0.05, 0.1) is 6.10 Å². The lowest BCUT2D eigenvalue weighted by Crippen LogP contribution is -2.41. The molecule has 1 amide bonds. The lowest BCUT2D eigenvalue weighted by atomic mass is 10.1. The van der Waals surface area contributed by atoms with Gasteiger partial charge in [0.15, 0.2) is 0 Å². The van der Waals surface area contributed by atoms with Crippen LogP contribution in [0.5, 0.6) is 0 Å². The van der Waals surface area contributed by atoms with Crippen molar-refractivity contribution in [3.05, 3.63) is 29.8 Å². The van der Waals surface area contributed by atoms with E-state index >= 15 is 0 Å². The van der Waals surface area contributed by atoms with Crippen molar-refractivity contribution in [3.63, 3.8) is 0 Å². The number of fused-ring (bicyclic) bond motifs is 1. The highest BCUT2D eigenvalue weighted by Gasteiger charge is 2.27. The molecule has 0 saturated carbocycles. The van der Waals surface area contributed by atoms with E-state index in [4.69, 9.17) is 4.74 Å². The largest absolute Gasteiger partial charge is 0.376 e. The first kappa shape index (κ1) is 11.5. The van der Waals surface area contributed by atoms with Crippen LogP contribution < -0.4 is 10.6 Å². The summed E-state index contributed by atoms with van der Waals surface area (Å²) in [4.78, 5) is 12.0. The van der Waals surface area contributed by atoms with Gasteiger partial charge in [-0.2, -0.15) is 0 Å². The molecule has 1 fully saturated rings. The molecule has 1 aromatic carbocycles. The van der Waals surface area contributed by atoms with Gasteiger partial charge in [-0.25, -0.2) is 0 Å². The first-order chi connectivity index (χ1) is 8.83. The number of nitrogens with one attached hydrogen (secondary N) is 2. The third-order valence-electron chi connectivity index (χ3n) is 3.62. The maximum Gasteiger partial charge on any atom is 0.242 e. The van der Waals surface area contributed by atoms with Gasteiger partial charge in [0.25, 0.3) is 0 Å². The fourth-order valence-corrected chi connectivity index (χ4v) is 2.60. The molecular weight excluding hydrogens is 228 g/mol. The van der Waals surface area contributed by atoms with Crippen molar-refractivity contribution in [2.45, 2.75) is 31.4 Å². The van der Waals surface area contributed by atoms with Crippen molar-refractivity contribution in [1.29, 1.82) is 0 Å². The van der Waals surface area contributed by atoms with E-state index in [9.17, 15) is 4.79 Å². The minimum Gasteiger partial charge on any atom is -0.376 e. The Morgan fingerprint density at radius 3 is 3.11 bits per heavy atom. The van der Waals surface area contributed by atoms with Crippen LogP contribution in [0.25, 0.3) is 0 Å². The summed E-state index contributed by atoms with van der Waals surface area (Å²) in [5.41, 5.74) is 2.30. The zero-order chi connectivity index (χ0) is 12.4. The van der Waals surface area contributed by atoms with Crippen LogP contribution in [0.2, 0.25) is 0 Å². The third kappa shape index (κ3) is 2.34. The third-order valence-corrected chi connectivity index (χ3v) is 3.62. The summed E-state index contributed by atoms with van der Waals surface area (Å²) in [6, 6.07) is 7.94. The van der Waals surface area contributed by atoms with Crippen molar-refractivity contribution in [2.24, 2.45) is 0 Å². The van der Waals surface area contributed by atoms with Gasteiger partial charge in [-0.15, -0.1) is 0 Å². The molecule has 0 aromatic heterocycles. The van der Waals surface area contributed by atoms with Crippen molar-refractivity contribution in [3.8, 4) is 0 Å². The number of amides is 1. The maximum atomic E-state index is 12.0. The molecule has 4 heteroatoms. The van der Waals surface area contributed by atoms with Crippen LogP contribution in [0.15, 0.2) is 24.3 Å². The highest BCUT2D eigenvalue weighted by atomic mass is 16.5. The number of hydrogen-bond acceptors (Lipinski definition) is 3. The Morgan fingerprint density at radius 2 is 2.33 bits per heavy atom. The van der Waals surface area contributed by atoms with E-state index in [0.29, 0.717) is 6.54 Å². The predicted molar refractivity (Wildman–Crippen MR) is 69.5 cm³/mol. The zero-order valence-electron chi connectivity index (χ0n) is 10.3. The number of carbonyl (C=O) groups is 1. The Morgan fingerprint density at radius 1 is 1.44 bits per heavy atom. The molecule has 0 aliphatic carbocycles. The van der Waals surface area contributed by atoms with Gasteiger partial charge >= 0.3 is 0 Å². The summed E-state index contributed by atoms with van der Waals surface area (Å²) in [5.74, 6) is 0.0710. The second-order valence-electron chi connectivity index (χ2n) is 4.94. The van der Waals surface area contributed by atoms with Crippen LogP contribution in [0, 0.1) is 0 Å². The van der Waals surface area contributed by atoms with Gasteiger partial charge < -0.3 is 15.4 Å². The fraction of sp³-hybridized carbons (Fsp3) is 0.500.